The van der Waals surface area contributed by atoms with Crippen LogP contribution in [0.25, 0.3) is 0 Å². The van der Waals surface area contributed by atoms with Crippen LogP contribution < -0.4 is 0 Å². The van der Waals surface area contributed by atoms with Gasteiger partial charge in [0, 0.05) is 6.42 Å². The van der Waals surface area contributed by atoms with Crippen LogP contribution in [0.1, 0.15) is 25.3 Å². The molecular formula is C14H18O. The summed E-state index contributed by atoms with van der Waals surface area (Å²) >= 11 is 0. The Morgan fingerprint density at radius 1 is 1.33 bits per heavy atom. The largest absolute Gasteiger partial charge is 0.385 e. The molecule has 0 saturated heterocycles. The van der Waals surface area contributed by atoms with Crippen LogP contribution in [0.4, 0.5) is 0 Å². The van der Waals surface area contributed by atoms with Crippen molar-refractivity contribution in [2.75, 3.05) is 0 Å². The standard InChI is InChI=1S/C14H18O/c1-12-7-9-14(15,10-8-12)11-13-5-3-2-4-6-13/h2-7,9,12,15H,8,10-11H2,1H3. The molecule has 0 bridgehead atoms. The van der Waals surface area contributed by atoms with E-state index in [0.29, 0.717) is 5.92 Å². The van der Waals surface area contributed by atoms with Gasteiger partial charge in [-0.25, -0.2) is 0 Å². The van der Waals surface area contributed by atoms with Gasteiger partial charge in [0.2, 0.25) is 0 Å². The predicted octanol–water partition coefficient (Wildman–Crippen LogP) is 2.95. The van der Waals surface area contributed by atoms with Gasteiger partial charge in [0.05, 0.1) is 5.60 Å². The van der Waals surface area contributed by atoms with Crippen LogP contribution >= 0.6 is 0 Å². The molecule has 2 atom stereocenters. The van der Waals surface area contributed by atoms with Crippen molar-refractivity contribution in [1.82, 2.24) is 0 Å². The number of rotatable bonds is 2. The van der Waals surface area contributed by atoms with Crippen molar-refractivity contribution in [1.29, 1.82) is 0 Å². The van der Waals surface area contributed by atoms with Crippen LogP contribution in [0.15, 0.2) is 42.5 Å². The average Bonchev–Trinajstić information content (AvgIpc) is 2.24. The molecule has 1 aromatic rings. The van der Waals surface area contributed by atoms with Crippen LogP contribution in [0.2, 0.25) is 0 Å². The second kappa shape index (κ2) is 4.19. The van der Waals surface area contributed by atoms with E-state index in [-0.39, 0.29) is 0 Å². The molecule has 15 heavy (non-hydrogen) atoms. The van der Waals surface area contributed by atoms with Crippen molar-refractivity contribution >= 4 is 0 Å². The fourth-order valence-electron chi connectivity index (χ4n) is 2.10. The molecule has 1 aliphatic rings. The highest BCUT2D eigenvalue weighted by Gasteiger charge is 2.27. The molecule has 0 aliphatic heterocycles. The SMILES string of the molecule is CC1C=CC(O)(Cc2ccccc2)CC1. The smallest absolute Gasteiger partial charge is 0.0868 e. The van der Waals surface area contributed by atoms with Crippen molar-refractivity contribution < 1.29 is 5.11 Å². The molecule has 0 heterocycles. The van der Waals surface area contributed by atoms with Crippen LogP contribution in [-0.2, 0) is 6.42 Å². The van der Waals surface area contributed by atoms with Gasteiger partial charge < -0.3 is 5.11 Å². The third-order valence-corrected chi connectivity index (χ3v) is 3.12. The molecule has 1 heteroatoms. The van der Waals surface area contributed by atoms with E-state index in [1.54, 1.807) is 0 Å². The summed E-state index contributed by atoms with van der Waals surface area (Å²) in [6, 6.07) is 10.2. The Morgan fingerprint density at radius 3 is 2.67 bits per heavy atom. The summed E-state index contributed by atoms with van der Waals surface area (Å²) in [4.78, 5) is 0. The zero-order valence-corrected chi connectivity index (χ0v) is 9.19. The van der Waals surface area contributed by atoms with Crippen molar-refractivity contribution in [3.8, 4) is 0 Å². The Hall–Kier alpha value is -1.08. The minimum Gasteiger partial charge on any atom is -0.385 e. The summed E-state index contributed by atoms with van der Waals surface area (Å²) in [5, 5.41) is 10.4. The summed E-state index contributed by atoms with van der Waals surface area (Å²) in [7, 11) is 0. The summed E-state index contributed by atoms with van der Waals surface area (Å²) in [6.45, 7) is 2.19. The fraction of sp³-hybridized carbons (Fsp3) is 0.429. The lowest BCUT2D eigenvalue weighted by Crippen LogP contribution is -2.31. The lowest BCUT2D eigenvalue weighted by molar-refractivity contribution is 0.0700. The van der Waals surface area contributed by atoms with Crippen molar-refractivity contribution in [3.05, 3.63) is 48.0 Å². The van der Waals surface area contributed by atoms with E-state index in [9.17, 15) is 5.11 Å². The van der Waals surface area contributed by atoms with Crippen molar-refractivity contribution in [2.24, 2.45) is 5.92 Å². The van der Waals surface area contributed by atoms with E-state index < -0.39 is 5.60 Å². The van der Waals surface area contributed by atoms with Gasteiger partial charge in [0.25, 0.3) is 0 Å². The molecule has 1 aliphatic carbocycles. The van der Waals surface area contributed by atoms with Gasteiger partial charge in [0.15, 0.2) is 0 Å². The molecule has 2 unspecified atom stereocenters. The summed E-state index contributed by atoms with van der Waals surface area (Å²) < 4.78 is 0. The van der Waals surface area contributed by atoms with Gasteiger partial charge >= 0.3 is 0 Å². The van der Waals surface area contributed by atoms with Crippen LogP contribution in [0.5, 0.6) is 0 Å². The quantitative estimate of drug-likeness (QED) is 0.731. The number of aliphatic hydroxyl groups is 1. The summed E-state index contributed by atoms with van der Waals surface area (Å²) in [5.74, 6) is 0.612. The fourth-order valence-corrected chi connectivity index (χ4v) is 2.10. The maximum absolute atomic E-state index is 10.4. The number of hydrogen-bond donors (Lipinski definition) is 1. The first kappa shape index (κ1) is 10.4. The summed E-state index contributed by atoms with van der Waals surface area (Å²) in [5.41, 5.74) is 0.590. The maximum Gasteiger partial charge on any atom is 0.0868 e. The third kappa shape index (κ3) is 2.69. The van der Waals surface area contributed by atoms with E-state index in [4.69, 9.17) is 0 Å². The maximum atomic E-state index is 10.4. The minimum atomic E-state index is -0.617. The Bertz CT molecular complexity index is 342. The Kier molecular flexibility index (Phi) is 2.92. The van der Waals surface area contributed by atoms with Gasteiger partial charge in [-0.1, -0.05) is 49.4 Å². The second-order valence-corrected chi connectivity index (χ2v) is 4.64. The normalized spacial score (nSPS) is 30.4. The van der Waals surface area contributed by atoms with Crippen LogP contribution in [0, 0.1) is 5.92 Å². The van der Waals surface area contributed by atoms with E-state index in [0.717, 1.165) is 19.3 Å². The van der Waals surface area contributed by atoms with E-state index in [1.165, 1.54) is 5.56 Å². The first-order valence-electron chi connectivity index (χ1n) is 5.64. The Labute approximate surface area is 91.4 Å². The monoisotopic (exact) mass is 202 g/mol. The molecule has 0 fully saturated rings. The lowest BCUT2D eigenvalue weighted by atomic mass is 9.82. The minimum absolute atomic E-state index is 0.612. The van der Waals surface area contributed by atoms with Crippen molar-refractivity contribution in [2.45, 2.75) is 31.8 Å². The number of hydrogen-bond acceptors (Lipinski definition) is 1. The zero-order valence-electron chi connectivity index (χ0n) is 9.19. The van der Waals surface area contributed by atoms with E-state index in [2.05, 4.69) is 25.1 Å². The predicted molar refractivity (Wildman–Crippen MR) is 62.6 cm³/mol. The van der Waals surface area contributed by atoms with Gasteiger partial charge in [-0.2, -0.15) is 0 Å². The third-order valence-electron chi connectivity index (χ3n) is 3.12. The highest BCUT2D eigenvalue weighted by atomic mass is 16.3. The first-order chi connectivity index (χ1) is 7.18. The molecule has 1 N–H and O–H groups in total. The molecule has 0 spiro atoms. The zero-order chi connectivity index (χ0) is 10.7. The Morgan fingerprint density at radius 2 is 2.07 bits per heavy atom. The van der Waals surface area contributed by atoms with Gasteiger partial charge in [-0.15, -0.1) is 0 Å². The molecule has 1 nitrogen and oxygen atoms in total. The molecule has 0 radical (unpaired) electrons. The average molecular weight is 202 g/mol. The molecule has 80 valence electrons. The van der Waals surface area contributed by atoms with Crippen LogP contribution in [0.3, 0.4) is 0 Å². The molecule has 0 amide bonds. The van der Waals surface area contributed by atoms with Gasteiger partial charge in [0.1, 0.15) is 0 Å². The topological polar surface area (TPSA) is 20.2 Å². The van der Waals surface area contributed by atoms with Gasteiger partial charge in [-0.3, -0.25) is 0 Å². The van der Waals surface area contributed by atoms with E-state index >= 15 is 0 Å². The highest BCUT2D eigenvalue weighted by molar-refractivity contribution is 5.20. The molecule has 0 saturated carbocycles. The number of benzene rings is 1. The first-order valence-corrected chi connectivity index (χ1v) is 5.64. The molecule has 1 aromatic carbocycles. The molecule has 0 aromatic heterocycles. The second-order valence-electron chi connectivity index (χ2n) is 4.64. The van der Waals surface area contributed by atoms with Gasteiger partial charge in [-0.05, 0) is 24.3 Å². The van der Waals surface area contributed by atoms with Crippen LogP contribution in [-0.4, -0.2) is 10.7 Å². The Balaban J connectivity index is 2.09. The molecule has 2 rings (SSSR count). The lowest BCUT2D eigenvalue weighted by Gasteiger charge is -2.29. The highest BCUT2D eigenvalue weighted by Crippen LogP contribution is 2.28. The van der Waals surface area contributed by atoms with E-state index in [1.807, 2.05) is 24.3 Å². The molecular weight excluding hydrogens is 184 g/mol. The van der Waals surface area contributed by atoms with Crippen molar-refractivity contribution in [3.63, 3.8) is 0 Å². The number of allylic oxidation sites excluding steroid dienone is 1. The summed E-state index contributed by atoms with van der Waals surface area (Å²) in [6.07, 6.45) is 6.80.